The van der Waals surface area contributed by atoms with Gasteiger partial charge in [0.1, 0.15) is 12.3 Å². The zero-order chi connectivity index (χ0) is 14.2. The number of ether oxygens (including phenoxy) is 1. The van der Waals surface area contributed by atoms with Crippen LogP contribution >= 0.6 is 0 Å². The number of nitrogens with one attached hydrogen (secondary N) is 1. The number of aromatic nitrogens is 2. The molecule has 8 nitrogen and oxygen atoms in total. The summed E-state index contributed by atoms with van der Waals surface area (Å²) in [6.07, 6.45) is -1.32. The molecular formula is C11H14N2O6. The van der Waals surface area contributed by atoms with Gasteiger partial charge in [0.05, 0.1) is 18.3 Å². The van der Waals surface area contributed by atoms with Crippen LogP contribution in [-0.2, 0) is 4.74 Å². The lowest BCUT2D eigenvalue weighted by atomic mass is 10.2. The van der Waals surface area contributed by atoms with E-state index in [1.165, 1.54) is 6.92 Å². The molecule has 0 radical (unpaired) electrons. The maximum atomic E-state index is 11.7. The van der Waals surface area contributed by atoms with Crippen LogP contribution in [0.25, 0.3) is 0 Å². The van der Waals surface area contributed by atoms with Gasteiger partial charge in [0, 0.05) is 12.6 Å². The molecule has 3 atom stereocenters. The fraction of sp³-hybridized carbons (Fsp3) is 0.545. The van der Waals surface area contributed by atoms with Crippen molar-refractivity contribution in [2.45, 2.75) is 31.8 Å². The van der Waals surface area contributed by atoms with Gasteiger partial charge in [0.15, 0.2) is 5.78 Å². The number of hydrogen-bond acceptors (Lipinski definition) is 6. The summed E-state index contributed by atoms with van der Waals surface area (Å²) in [5.41, 5.74) is -1.65. The Morgan fingerprint density at radius 2 is 2.26 bits per heavy atom. The van der Waals surface area contributed by atoms with Crippen molar-refractivity contribution in [2.24, 2.45) is 0 Å². The van der Waals surface area contributed by atoms with Crippen molar-refractivity contribution in [1.29, 1.82) is 0 Å². The average Bonchev–Trinajstić information content (AvgIpc) is 2.69. The van der Waals surface area contributed by atoms with Crippen LogP contribution in [0.2, 0.25) is 0 Å². The van der Waals surface area contributed by atoms with Gasteiger partial charge in [-0.05, 0) is 6.92 Å². The molecular weight excluding hydrogens is 256 g/mol. The number of carbonyl (C=O) groups excluding carboxylic acids is 1. The van der Waals surface area contributed by atoms with Crippen molar-refractivity contribution in [2.75, 3.05) is 6.61 Å². The highest BCUT2D eigenvalue weighted by molar-refractivity contribution is 5.93. The minimum absolute atomic E-state index is 0.0918. The summed E-state index contributed by atoms with van der Waals surface area (Å²) in [4.78, 5) is 36.4. The van der Waals surface area contributed by atoms with Gasteiger partial charge in [-0.25, -0.2) is 4.79 Å². The van der Waals surface area contributed by atoms with Crippen LogP contribution in [0.15, 0.2) is 15.8 Å². The van der Waals surface area contributed by atoms with E-state index in [4.69, 9.17) is 9.84 Å². The second-order valence-electron chi connectivity index (χ2n) is 4.38. The first kappa shape index (κ1) is 13.7. The molecule has 2 rings (SSSR count). The third-order valence-corrected chi connectivity index (χ3v) is 3.04. The molecule has 0 bridgehead atoms. The number of ketones is 1. The number of carbonyl (C=O) groups is 1. The average molecular weight is 270 g/mol. The molecule has 0 saturated carbocycles. The second kappa shape index (κ2) is 5.08. The predicted octanol–water partition coefficient (Wildman–Crippen LogP) is -1.62. The molecule has 1 aliphatic rings. The summed E-state index contributed by atoms with van der Waals surface area (Å²) < 4.78 is 6.33. The summed E-state index contributed by atoms with van der Waals surface area (Å²) in [6, 6.07) is 0. The van der Waals surface area contributed by atoms with Crippen LogP contribution < -0.4 is 11.2 Å². The van der Waals surface area contributed by atoms with Crippen molar-refractivity contribution in [3.05, 3.63) is 32.6 Å². The van der Waals surface area contributed by atoms with Gasteiger partial charge < -0.3 is 14.9 Å². The van der Waals surface area contributed by atoms with Gasteiger partial charge in [-0.3, -0.25) is 19.1 Å². The molecule has 104 valence electrons. The molecule has 8 heteroatoms. The lowest BCUT2D eigenvalue weighted by molar-refractivity contribution is -0.0459. The Morgan fingerprint density at radius 3 is 2.79 bits per heavy atom. The molecule has 3 N–H and O–H groups in total. The van der Waals surface area contributed by atoms with Gasteiger partial charge in [-0.1, -0.05) is 0 Å². The minimum Gasteiger partial charge on any atom is -0.394 e. The van der Waals surface area contributed by atoms with E-state index in [1.807, 2.05) is 4.98 Å². The molecule has 0 aliphatic carbocycles. The molecule has 1 fully saturated rings. The molecule has 0 unspecified atom stereocenters. The van der Waals surface area contributed by atoms with E-state index in [9.17, 15) is 19.5 Å². The van der Waals surface area contributed by atoms with Gasteiger partial charge >= 0.3 is 5.69 Å². The monoisotopic (exact) mass is 270 g/mol. The van der Waals surface area contributed by atoms with Gasteiger partial charge in [0.2, 0.25) is 0 Å². The number of nitrogens with zero attached hydrogens (tertiary/aromatic N) is 1. The lowest BCUT2D eigenvalue weighted by Crippen LogP contribution is -2.35. The highest BCUT2D eigenvalue weighted by Gasteiger charge is 2.35. The summed E-state index contributed by atoms with van der Waals surface area (Å²) >= 11 is 0. The van der Waals surface area contributed by atoms with Gasteiger partial charge in [0.25, 0.3) is 5.56 Å². The van der Waals surface area contributed by atoms with E-state index in [0.717, 1.165) is 10.8 Å². The van der Waals surface area contributed by atoms with Crippen molar-refractivity contribution in [3.8, 4) is 0 Å². The van der Waals surface area contributed by atoms with Gasteiger partial charge in [-0.15, -0.1) is 0 Å². The van der Waals surface area contributed by atoms with E-state index in [-0.39, 0.29) is 18.6 Å². The molecule has 1 aliphatic heterocycles. The number of hydrogen-bond donors (Lipinski definition) is 3. The molecule has 0 aromatic carbocycles. The Morgan fingerprint density at radius 1 is 1.58 bits per heavy atom. The molecule has 1 saturated heterocycles. The number of aromatic amines is 1. The highest BCUT2D eigenvalue weighted by Crippen LogP contribution is 2.27. The SMILES string of the molecule is CC(=O)c1cn([C@@H]2C[C@H](O)[C@@H](CO)O2)c(=O)[nH]c1=O. The van der Waals surface area contributed by atoms with Crippen LogP contribution in [0.4, 0.5) is 0 Å². The van der Waals surface area contributed by atoms with Crippen LogP contribution in [-0.4, -0.2) is 44.4 Å². The molecule has 19 heavy (non-hydrogen) atoms. The van der Waals surface area contributed by atoms with Gasteiger partial charge in [-0.2, -0.15) is 0 Å². The van der Waals surface area contributed by atoms with E-state index < -0.39 is 35.5 Å². The lowest BCUT2D eigenvalue weighted by Gasteiger charge is -2.14. The van der Waals surface area contributed by atoms with Crippen LogP contribution in [0.5, 0.6) is 0 Å². The molecule has 0 spiro atoms. The highest BCUT2D eigenvalue weighted by atomic mass is 16.5. The summed E-state index contributed by atoms with van der Waals surface area (Å²) in [6.45, 7) is 0.829. The van der Waals surface area contributed by atoms with E-state index in [1.54, 1.807) is 0 Å². The summed E-state index contributed by atoms with van der Waals surface area (Å²) in [5, 5.41) is 18.6. The number of rotatable bonds is 3. The Kier molecular flexibility index (Phi) is 3.65. The first-order chi connectivity index (χ1) is 8.93. The zero-order valence-electron chi connectivity index (χ0n) is 10.2. The topological polar surface area (TPSA) is 122 Å². The van der Waals surface area contributed by atoms with Crippen molar-refractivity contribution in [3.63, 3.8) is 0 Å². The zero-order valence-corrected chi connectivity index (χ0v) is 10.2. The normalized spacial score (nSPS) is 26.6. The maximum absolute atomic E-state index is 11.7. The van der Waals surface area contributed by atoms with Crippen LogP contribution in [0, 0.1) is 0 Å². The summed E-state index contributed by atoms with van der Waals surface area (Å²) in [5.74, 6) is -0.479. The fourth-order valence-corrected chi connectivity index (χ4v) is 2.00. The first-order valence-corrected chi connectivity index (χ1v) is 5.74. The number of H-pyrrole nitrogens is 1. The van der Waals surface area contributed by atoms with E-state index in [2.05, 4.69) is 0 Å². The van der Waals surface area contributed by atoms with E-state index >= 15 is 0 Å². The second-order valence-corrected chi connectivity index (χ2v) is 4.38. The quantitative estimate of drug-likeness (QED) is 0.567. The standard InChI is InChI=1S/C11H14N2O6/c1-5(15)6-3-13(11(18)12-10(6)17)9-2-7(16)8(4-14)19-9/h3,7-9,14,16H,2,4H2,1H3,(H,12,17,18)/t7-,8+,9-/m0/s1. The Bertz CT molecular complexity index is 604. The molecule has 1 aromatic heterocycles. The molecule has 0 amide bonds. The Balaban J connectivity index is 2.41. The Hall–Kier alpha value is -1.77. The third kappa shape index (κ3) is 2.50. The van der Waals surface area contributed by atoms with E-state index in [0.29, 0.717) is 0 Å². The first-order valence-electron chi connectivity index (χ1n) is 5.74. The summed E-state index contributed by atoms with van der Waals surface area (Å²) in [7, 11) is 0. The fourth-order valence-electron chi connectivity index (χ4n) is 2.00. The van der Waals surface area contributed by atoms with Crippen molar-refractivity contribution < 1.29 is 19.7 Å². The third-order valence-electron chi connectivity index (χ3n) is 3.04. The van der Waals surface area contributed by atoms with Crippen LogP contribution in [0.1, 0.15) is 29.9 Å². The number of aliphatic hydroxyl groups is 2. The molecule has 2 heterocycles. The van der Waals surface area contributed by atoms with Crippen LogP contribution in [0.3, 0.4) is 0 Å². The van der Waals surface area contributed by atoms with Crippen molar-refractivity contribution >= 4 is 5.78 Å². The minimum atomic E-state index is -0.908. The molecule has 1 aromatic rings. The smallest absolute Gasteiger partial charge is 0.330 e. The number of aliphatic hydroxyl groups excluding tert-OH is 2. The number of Topliss-reactive ketones (excluding diaryl/α,β-unsaturated/α-hetero) is 1. The maximum Gasteiger partial charge on any atom is 0.330 e. The van der Waals surface area contributed by atoms with Crippen molar-refractivity contribution in [1.82, 2.24) is 9.55 Å². The predicted molar refractivity (Wildman–Crippen MR) is 62.9 cm³/mol. The largest absolute Gasteiger partial charge is 0.394 e. The Labute approximate surface area is 107 Å².